The number of benzene rings is 1. The van der Waals surface area contributed by atoms with Gasteiger partial charge in [0.2, 0.25) is 5.91 Å². The Hall–Kier alpha value is -1.40. The number of nitrogens with one attached hydrogen (secondary N) is 1. The highest BCUT2D eigenvalue weighted by Gasteiger charge is 2.32. The molecular formula is C13H17BrN2O3. The van der Waals surface area contributed by atoms with Crippen molar-refractivity contribution in [2.45, 2.75) is 19.4 Å². The van der Waals surface area contributed by atoms with Gasteiger partial charge in [0.25, 0.3) is 0 Å². The van der Waals surface area contributed by atoms with Gasteiger partial charge in [-0.05, 0) is 45.2 Å². The zero-order chi connectivity index (χ0) is 14.6. The van der Waals surface area contributed by atoms with Gasteiger partial charge in [-0.15, -0.1) is 0 Å². The van der Waals surface area contributed by atoms with Gasteiger partial charge in [-0.2, -0.15) is 0 Å². The van der Waals surface area contributed by atoms with Crippen molar-refractivity contribution in [3.8, 4) is 0 Å². The molecule has 0 aliphatic heterocycles. The average Bonchev–Trinajstić information content (AvgIpc) is 2.31. The third-order valence-corrected chi connectivity index (χ3v) is 3.52. The smallest absolute Gasteiger partial charge is 0.323 e. The summed E-state index contributed by atoms with van der Waals surface area (Å²) in [6.07, 6.45) is 0. The van der Waals surface area contributed by atoms with Gasteiger partial charge in [0.15, 0.2) is 0 Å². The van der Waals surface area contributed by atoms with Crippen LogP contribution in [-0.2, 0) is 9.59 Å². The molecule has 0 heterocycles. The van der Waals surface area contributed by atoms with Crippen LogP contribution in [0.15, 0.2) is 28.7 Å². The molecule has 5 nitrogen and oxygen atoms in total. The fraction of sp³-hybridized carbons (Fsp3) is 0.385. The molecule has 0 spiro atoms. The van der Waals surface area contributed by atoms with E-state index in [1.54, 1.807) is 33.0 Å². The first-order valence-electron chi connectivity index (χ1n) is 5.73. The van der Waals surface area contributed by atoms with E-state index in [2.05, 4.69) is 21.2 Å². The number of aliphatic carboxylic acids is 1. The van der Waals surface area contributed by atoms with Gasteiger partial charge >= 0.3 is 5.97 Å². The van der Waals surface area contributed by atoms with Crippen molar-refractivity contribution >= 4 is 33.5 Å². The van der Waals surface area contributed by atoms with Gasteiger partial charge in [-0.25, -0.2) is 0 Å². The maximum absolute atomic E-state index is 11.8. The highest BCUT2D eigenvalue weighted by molar-refractivity contribution is 9.10. The maximum atomic E-state index is 11.8. The Morgan fingerprint density at radius 1 is 1.32 bits per heavy atom. The largest absolute Gasteiger partial charge is 0.480 e. The van der Waals surface area contributed by atoms with Crippen molar-refractivity contribution in [1.29, 1.82) is 0 Å². The lowest BCUT2D eigenvalue weighted by molar-refractivity contribution is -0.148. The maximum Gasteiger partial charge on any atom is 0.323 e. The second-order valence-corrected chi connectivity index (χ2v) is 5.69. The van der Waals surface area contributed by atoms with Gasteiger partial charge in [-0.3, -0.25) is 14.5 Å². The molecule has 0 atom stereocenters. The minimum absolute atomic E-state index is 0.00929. The summed E-state index contributed by atoms with van der Waals surface area (Å²) in [7, 11) is 1.61. The first kappa shape index (κ1) is 15.7. The summed E-state index contributed by atoms with van der Waals surface area (Å²) in [5, 5.41) is 11.8. The number of likely N-dealkylation sites (N-methyl/N-ethyl adjacent to an activating group) is 1. The topological polar surface area (TPSA) is 69.6 Å². The number of hydrogen-bond donors (Lipinski definition) is 2. The molecule has 0 fully saturated rings. The Morgan fingerprint density at radius 2 is 1.84 bits per heavy atom. The summed E-state index contributed by atoms with van der Waals surface area (Å²) < 4.78 is 0.926. The van der Waals surface area contributed by atoms with Gasteiger partial charge < -0.3 is 10.4 Å². The summed E-state index contributed by atoms with van der Waals surface area (Å²) in [4.78, 5) is 24.4. The van der Waals surface area contributed by atoms with Crippen LogP contribution in [0.3, 0.4) is 0 Å². The van der Waals surface area contributed by atoms with Gasteiger partial charge in [-0.1, -0.05) is 15.9 Å². The molecule has 0 saturated carbocycles. The molecule has 0 saturated heterocycles. The minimum Gasteiger partial charge on any atom is -0.480 e. The first-order chi connectivity index (χ1) is 8.73. The minimum atomic E-state index is -1.09. The number of carbonyl (C=O) groups excluding carboxylic acids is 1. The molecule has 1 aromatic rings. The van der Waals surface area contributed by atoms with Crippen LogP contribution in [-0.4, -0.2) is 41.0 Å². The molecule has 0 bridgehead atoms. The van der Waals surface area contributed by atoms with E-state index in [1.165, 1.54) is 4.90 Å². The summed E-state index contributed by atoms with van der Waals surface area (Å²) >= 11 is 3.31. The standard InChI is InChI=1S/C13H17BrN2O3/c1-13(2,12(18)19)16(3)8-11(17)15-10-6-4-9(14)5-7-10/h4-7H,8H2,1-3H3,(H,15,17)(H,18,19). The van der Waals surface area contributed by atoms with Crippen LogP contribution >= 0.6 is 15.9 Å². The van der Waals surface area contributed by atoms with Crippen LogP contribution < -0.4 is 5.32 Å². The normalized spacial score (nSPS) is 11.4. The van der Waals surface area contributed by atoms with E-state index in [0.29, 0.717) is 5.69 Å². The Bertz CT molecular complexity index is 471. The molecule has 1 rings (SSSR count). The molecular weight excluding hydrogens is 312 g/mol. The summed E-state index contributed by atoms with van der Waals surface area (Å²) in [5.74, 6) is -1.22. The lowest BCUT2D eigenvalue weighted by Gasteiger charge is -2.30. The fourth-order valence-corrected chi connectivity index (χ4v) is 1.57. The van der Waals surface area contributed by atoms with Crippen LogP contribution in [0.2, 0.25) is 0 Å². The zero-order valence-corrected chi connectivity index (χ0v) is 12.7. The second-order valence-electron chi connectivity index (χ2n) is 4.78. The number of nitrogens with zero attached hydrogens (tertiary/aromatic N) is 1. The number of carbonyl (C=O) groups is 2. The summed E-state index contributed by atoms with van der Waals surface area (Å²) in [5.41, 5.74) is -0.411. The van der Waals surface area contributed by atoms with Crippen molar-refractivity contribution in [3.63, 3.8) is 0 Å². The third kappa shape index (κ3) is 4.33. The molecule has 0 aromatic heterocycles. The molecule has 0 radical (unpaired) electrons. The number of anilines is 1. The van der Waals surface area contributed by atoms with Gasteiger partial charge in [0, 0.05) is 10.2 Å². The Kier molecular flexibility index (Phi) is 5.08. The fourth-order valence-electron chi connectivity index (χ4n) is 1.31. The number of hydrogen-bond acceptors (Lipinski definition) is 3. The monoisotopic (exact) mass is 328 g/mol. The predicted molar refractivity (Wildman–Crippen MR) is 77.1 cm³/mol. The van der Waals surface area contributed by atoms with Crippen molar-refractivity contribution in [2.24, 2.45) is 0 Å². The molecule has 104 valence electrons. The second kappa shape index (κ2) is 6.16. The molecule has 0 aliphatic carbocycles. The van der Waals surface area contributed by atoms with E-state index >= 15 is 0 Å². The van der Waals surface area contributed by atoms with Crippen LogP contribution in [0.5, 0.6) is 0 Å². The molecule has 0 unspecified atom stereocenters. The van der Waals surface area contributed by atoms with Gasteiger partial charge in [0.05, 0.1) is 6.54 Å². The van der Waals surface area contributed by atoms with Crippen molar-refractivity contribution in [1.82, 2.24) is 4.90 Å². The number of rotatable bonds is 5. The van der Waals surface area contributed by atoms with Crippen LogP contribution in [0.1, 0.15) is 13.8 Å². The number of carboxylic acid groups (broad SMARTS) is 1. The van der Waals surface area contributed by atoms with E-state index in [4.69, 9.17) is 5.11 Å². The SMILES string of the molecule is CN(CC(=O)Nc1ccc(Br)cc1)C(C)(C)C(=O)O. The number of carboxylic acids is 1. The van der Waals surface area contributed by atoms with Crippen LogP contribution in [0, 0.1) is 0 Å². The van der Waals surface area contributed by atoms with Gasteiger partial charge in [0.1, 0.15) is 5.54 Å². The predicted octanol–water partition coefficient (Wildman–Crippen LogP) is 2.18. The highest BCUT2D eigenvalue weighted by atomic mass is 79.9. The van der Waals surface area contributed by atoms with E-state index in [-0.39, 0.29) is 12.5 Å². The van der Waals surface area contributed by atoms with Crippen LogP contribution in [0.25, 0.3) is 0 Å². The molecule has 19 heavy (non-hydrogen) atoms. The van der Waals surface area contributed by atoms with E-state index in [0.717, 1.165) is 4.47 Å². The zero-order valence-electron chi connectivity index (χ0n) is 11.1. The molecule has 0 aliphatic rings. The Balaban J connectivity index is 2.61. The quantitative estimate of drug-likeness (QED) is 0.869. The lowest BCUT2D eigenvalue weighted by atomic mass is 10.0. The number of halogens is 1. The molecule has 1 aromatic carbocycles. The lowest BCUT2D eigenvalue weighted by Crippen LogP contribution is -2.50. The molecule has 2 N–H and O–H groups in total. The molecule has 1 amide bonds. The summed E-state index contributed by atoms with van der Waals surface area (Å²) in [6, 6.07) is 7.18. The first-order valence-corrected chi connectivity index (χ1v) is 6.53. The average molecular weight is 329 g/mol. The Morgan fingerprint density at radius 3 is 2.32 bits per heavy atom. The highest BCUT2D eigenvalue weighted by Crippen LogP contribution is 2.15. The van der Waals surface area contributed by atoms with Crippen molar-refractivity contribution < 1.29 is 14.7 Å². The number of amides is 1. The summed E-state index contributed by atoms with van der Waals surface area (Å²) in [6.45, 7) is 3.12. The van der Waals surface area contributed by atoms with Crippen LogP contribution in [0.4, 0.5) is 5.69 Å². The molecule has 6 heteroatoms. The third-order valence-electron chi connectivity index (χ3n) is 2.99. The van der Waals surface area contributed by atoms with Crippen molar-refractivity contribution in [3.05, 3.63) is 28.7 Å². The van der Waals surface area contributed by atoms with Crippen molar-refractivity contribution in [2.75, 3.05) is 18.9 Å². The Labute approximate surface area is 120 Å². The van der Waals surface area contributed by atoms with E-state index in [1.807, 2.05) is 12.1 Å². The van der Waals surface area contributed by atoms with E-state index < -0.39 is 11.5 Å². The van der Waals surface area contributed by atoms with E-state index in [9.17, 15) is 9.59 Å².